The van der Waals surface area contributed by atoms with Crippen molar-refractivity contribution in [1.82, 2.24) is 24.7 Å². The van der Waals surface area contributed by atoms with Gasteiger partial charge in [0.25, 0.3) is 5.91 Å². The molecule has 32 heavy (non-hydrogen) atoms. The summed E-state index contributed by atoms with van der Waals surface area (Å²) in [5, 5.41) is 10.2. The second-order valence-corrected chi connectivity index (χ2v) is 7.91. The largest absolute Gasteiger partial charge is 0.322 e. The van der Waals surface area contributed by atoms with Gasteiger partial charge in [0.2, 0.25) is 0 Å². The second kappa shape index (κ2) is 8.52. The molecule has 0 aliphatic heterocycles. The van der Waals surface area contributed by atoms with Crippen LogP contribution in [0.4, 0.5) is 5.69 Å². The van der Waals surface area contributed by atoms with E-state index in [0.717, 1.165) is 27.5 Å². The van der Waals surface area contributed by atoms with E-state index in [-0.39, 0.29) is 5.91 Å². The molecule has 156 valence electrons. The fourth-order valence-corrected chi connectivity index (χ4v) is 4.17. The maximum atomic E-state index is 12.9. The number of nitrogens with one attached hydrogen (secondary N) is 1. The lowest BCUT2D eigenvalue weighted by molar-refractivity contribution is 0.102. The molecule has 0 saturated heterocycles. The maximum absolute atomic E-state index is 12.9. The molecular weight excluding hydrogens is 420 g/mol. The van der Waals surface area contributed by atoms with Gasteiger partial charge in [-0.3, -0.25) is 9.78 Å². The number of rotatable bonds is 5. The average molecular weight is 439 g/mol. The van der Waals surface area contributed by atoms with Crippen molar-refractivity contribution in [2.24, 2.45) is 0 Å². The van der Waals surface area contributed by atoms with Gasteiger partial charge in [0.15, 0.2) is 5.82 Å². The summed E-state index contributed by atoms with van der Waals surface area (Å²) in [7, 11) is 0. The van der Waals surface area contributed by atoms with E-state index in [1.54, 1.807) is 40.8 Å². The molecule has 7 nitrogen and oxygen atoms in total. The Bertz CT molecular complexity index is 1380. The van der Waals surface area contributed by atoms with Crippen LogP contribution in [-0.2, 0) is 0 Å². The van der Waals surface area contributed by atoms with Crippen LogP contribution in [0, 0.1) is 6.92 Å². The summed E-state index contributed by atoms with van der Waals surface area (Å²) in [5.74, 6) is 0.442. The number of thiazole rings is 1. The standard InChI is InChI=1S/C24H18N6OS/c1-16-20(14-27-30(16)22-7-2-3-10-26-22)23(31)28-19-6-4-5-18(13-19)21-15-32-24(29-21)17-8-11-25-12-9-17/h2-15H,1H3,(H,28,31). The Hall–Kier alpha value is -4.17. The molecule has 5 rings (SSSR count). The van der Waals surface area contributed by atoms with Crippen molar-refractivity contribution in [3.63, 3.8) is 0 Å². The maximum Gasteiger partial charge on any atom is 0.259 e. The van der Waals surface area contributed by atoms with Crippen LogP contribution >= 0.6 is 11.3 Å². The highest BCUT2D eigenvalue weighted by atomic mass is 32.1. The fourth-order valence-electron chi connectivity index (χ4n) is 3.33. The highest BCUT2D eigenvalue weighted by Crippen LogP contribution is 2.29. The van der Waals surface area contributed by atoms with Gasteiger partial charge in [-0.15, -0.1) is 11.3 Å². The molecule has 8 heteroatoms. The van der Waals surface area contributed by atoms with E-state index in [9.17, 15) is 4.79 Å². The minimum absolute atomic E-state index is 0.224. The first-order valence-electron chi connectivity index (χ1n) is 9.93. The van der Waals surface area contributed by atoms with Gasteiger partial charge in [-0.1, -0.05) is 18.2 Å². The molecule has 1 N–H and O–H groups in total. The van der Waals surface area contributed by atoms with Gasteiger partial charge in [-0.05, 0) is 43.3 Å². The first-order valence-corrected chi connectivity index (χ1v) is 10.8. The Kier molecular flexibility index (Phi) is 5.27. The van der Waals surface area contributed by atoms with Crippen molar-refractivity contribution >= 4 is 22.9 Å². The normalized spacial score (nSPS) is 10.8. The number of hydrogen-bond donors (Lipinski definition) is 1. The lowest BCUT2D eigenvalue weighted by Gasteiger charge is -2.07. The van der Waals surface area contributed by atoms with Crippen LogP contribution in [0.5, 0.6) is 0 Å². The molecule has 0 aliphatic carbocycles. The number of amides is 1. The van der Waals surface area contributed by atoms with Gasteiger partial charge in [0.05, 0.1) is 23.1 Å². The third kappa shape index (κ3) is 3.91. The number of carbonyl (C=O) groups is 1. The zero-order valence-corrected chi connectivity index (χ0v) is 18.0. The summed E-state index contributed by atoms with van der Waals surface area (Å²) in [6, 6.07) is 17.1. The summed E-state index contributed by atoms with van der Waals surface area (Å²) < 4.78 is 1.65. The predicted molar refractivity (Wildman–Crippen MR) is 125 cm³/mol. The minimum atomic E-state index is -0.224. The zero-order chi connectivity index (χ0) is 21.9. The van der Waals surface area contributed by atoms with Crippen molar-refractivity contribution in [3.05, 3.63) is 96.0 Å². The molecule has 1 aromatic carbocycles. The van der Waals surface area contributed by atoms with Gasteiger partial charge in [0, 0.05) is 40.8 Å². The molecule has 5 aromatic rings. The third-order valence-electron chi connectivity index (χ3n) is 4.97. The fraction of sp³-hybridized carbons (Fsp3) is 0.0417. The quantitative estimate of drug-likeness (QED) is 0.417. The van der Waals surface area contributed by atoms with Crippen molar-refractivity contribution in [1.29, 1.82) is 0 Å². The van der Waals surface area contributed by atoms with Crippen LogP contribution in [0.25, 0.3) is 27.6 Å². The van der Waals surface area contributed by atoms with Gasteiger partial charge < -0.3 is 5.32 Å². The van der Waals surface area contributed by atoms with Gasteiger partial charge >= 0.3 is 0 Å². The van der Waals surface area contributed by atoms with E-state index in [0.29, 0.717) is 17.1 Å². The summed E-state index contributed by atoms with van der Waals surface area (Å²) in [4.78, 5) is 26.0. The van der Waals surface area contributed by atoms with Gasteiger partial charge in [-0.25, -0.2) is 14.6 Å². The SMILES string of the molecule is Cc1c(C(=O)Nc2cccc(-c3csc(-c4ccncc4)n3)c2)cnn1-c1ccccn1. The molecule has 0 bridgehead atoms. The molecule has 0 atom stereocenters. The molecule has 4 aromatic heterocycles. The summed E-state index contributed by atoms with van der Waals surface area (Å²) in [6.45, 7) is 1.85. The number of aromatic nitrogens is 5. The number of anilines is 1. The van der Waals surface area contributed by atoms with Crippen molar-refractivity contribution < 1.29 is 4.79 Å². The van der Waals surface area contributed by atoms with Crippen LogP contribution < -0.4 is 5.32 Å². The topological polar surface area (TPSA) is 85.6 Å². The number of benzene rings is 1. The van der Waals surface area contributed by atoms with Gasteiger partial charge in [-0.2, -0.15) is 5.10 Å². The van der Waals surface area contributed by atoms with E-state index in [4.69, 9.17) is 4.98 Å². The number of carbonyl (C=O) groups excluding carboxylic acids is 1. The second-order valence-electron chi connectivity index (χ2n) is 7.05. The van der Waals surface area contributed by atoms with Crippen LogP contribution in [0.1, 0.15) is 16.1 Å². The highest BCUT2D eigenvalue weighted by molar-refractivity contribution is 7.13. The summed E-state index contributed by atoms with van der Waals surface area (Å²) >= 11 is 1.57. The average Bonchev–Trinajstić information content (AvgIpc) is 3.48. The molecule has 4 heterocycles. The van der Waals surface area contributed by atoms with E-state index in [1.165, 1.54) is 0 Å². The molecule has 0 unspecified atom stereocenters. The third-order valence-corrected chi connectivity index (χ3v) is 5.86. The summed E-state index contributed by atoms with van der Waals surface area (Å²) in [5.41, 5.74) is 4.72. The van der Waals surface area contributed by atoms with Crippen LogP contribution in [-0.4, -0.2) is 30.6 Å². The smallest absolute Gasteiger partial charge is 0.259 e. The van der Waals surface area contributed by atoms with E-state index in [1.807, 2.05) is 66.9 Å². The lowest BCUT2D eigenvalue weighted by atomic mass is 10.1. The lowest BCUT2D eigenvalue weighted by Crippen LogP contribution is -2.13. The van der Waals surface area contributed by atoms with Crippen LogP contribution in [0.3, 0.4) is 0 Å². The first kappa shape index (κ1) is 19.8. The predicted octanol–water partition coefficient (Wildman–Crippen LogP) is 5.01. The first-order chi connectivity index (χ1) is 15.7. The molecule has 1 amide bonds. The molecule has 0 radical (unpaired) electrons. The number of hydrogen-bond acceptors (Lipinski definition) is 6. The van der Waals surface area contributed by atoms with E-state index >= 15 is 0 Å². The Balaban J connectivity index is 1.37. The monoisotopic (exact) mass is 438 g/mol. The Morgan fingerprint density at radius 2 is 1.88 bits per heavy atom. The highest BCUT2D eigenvalue weighted by Gasteiger charge is 2.16. The molecule has 0 spiro atoms. The van der Waals surface area contributed by atoms with Gasteiger partial charge in [0.1, 0.15) is 5.01 Å². The number of pyridine rings is 2. The summed E-state index contributed by atoms with van der Waals surface area (Å²) in [6.07, 6.45) is 6.76. The molecule has 0 fully saturated rings. The minimum Gasteiger partial charge on any atom is -0.322 e. The van der Waals surface area contributed by atoms with Crippen molar-refractivity contribution in [2.75, 3.05) is 5.32 Å². The van der Waals surface area contributed by atoms with Crippen molar-refractivity contribution in [3.8, 4) is 27.6 Å². The Morgan fingerprint density at radius 1 is 1.00 bits per heavy atom. The zero-order valence-electron chi connectivity index (χ0n) is 17.1. The molecule has 0 saturated carbocycles. The van der Waals surface area contributed by atoms with Crippen LogP contribution in [0.2, 0.25) is 0 Å². The van der Waals surface area contributed by atoms with Crippen LogP contribution in [0.15, 0.2) is 84.8 Å². The number of nitrogens with zero attached hydrogens (tertiary/aromatic N) is 5. The molecular formula is C24H18N6OS. The Morgan fingerprint density at radius 3 is 2.69 bits per heavy atom. The Labute approximate surface area is 188 Å². The van der Waals surface area contributed by atoms with Crippen molar-refractivity contribution in [2.45, 2.75) is 6.92 Å². The molecule has 0 aliphatic rings. The van der Waals surface area contributed by atoms with E-state index < -0.39 is 0 Å². The van der Waals surface area contributed by atoms with E-state index in [2.05, 4.69) is 20.4 Å².